The van der Waals surface area contributed by atoms with Gasteiger partial charge in [0.05, 0.1) is 25.7 Å². The Morgan fingerprint density at radius 3 is 2.57 bits per heavy atom. The molecule has 0 fully saturated rings. The maximum absolute atomic E-state index is 12.3. The molecule has 160 valence electrons. The summed E-state index contributed by atoms with van der Waals surface area (Å²) in [5.41, 5.74) is 0.723. The smallest absolute Gasteiger partial charge is 0.240 e. The first-order chi connectivity index (χ1) is 14.5. The van der Waals surface area contributed by atoms with Gasteiger partial charge in [0.2, 0.25) is 17.6 Å². The van der Waals surface area contributed by atoms with E-state index in [2.05, 4.69) is 5.32 Å². The molecule has 2 aromatic carbocycles. The van der Waals surface area contributed by atoms with Gasteiger partial charge in [-0.3, -0.25) is 9.59 Å². The molecule has 2 aromatic rings. The van der Waals surface area contributed by atoms with Gasteiger partial charge in [0, 0.05) is 11.4 Å². The van der Waals surface area contributed by atoms with Crippen molar-refractivity contribution in [3.8, 4) is 17.2 Å². The van der Waals surface area contributed by atoms with E-state index >= 15 is 0 Å². The molecule has 0 spiro atoms. The van der Waals surface area contributed by atoms with Crippen LogP contribution in [0.2, 0.25) is 0 Å². The van der Waals surface area contributed by atoms with E-state index in [4.69, 9.17) is 14.2 Å². The maximum atomic E-state index is 12.3. The predicted octanol–water partition coefficient (Wildman–Crippen LogP) is 1.70. The number of methoxy groups -OCH3 is 2. The number of para-hydroxylation sites is 2. The Morgan fingerprint density at radius 2 is 1.87 bits per heavy atom. The number of nitrogens with zero attached hydrogens (tertiary/aromatic N) is 1. The van der Waals surface area contributed by atoms with E-state index in [1.807, 2.05) is 24.3 Å². The molecule has 1 heterocycles. The largest absolute Gasteiger partial charge is 0.493 e. The Balaban J connectivity index is 1.52. The number of nitrogens with one attached hydrogen (secondary N) is 1. The number of benzene rings is 2. The average Bonchev–Trinajstić information content (AvgIpc) is 2.77. The normalized spacial score (nSPS) is 14.0. The molecule has 1 aliphatic rings. The van der Waals surface area contributed by atoms with Crippen LogP contribution < -0.4 is 24.4 Å². The number of amides is 2. The summed E-state index contributed by atoms with van der Waals surface area (Å²) in [4.78, 5) is 27.0. The minimum atomic E-state index is -0.955. The molecule has 30 heavy (non-hydrogen) atoms. The van der Waals surface area contributed by atoms with Crippen molar-refractivity contribution in [3.63, 3.8) is 0 Å². The van der Waals surface area contributed by atoms with E-state index in [1.165, 1.54) is 30.9 Å². The van der Waals surface area contributed by atoms with Crippen molar-refractivity contribution in [2.75, 3.05) is 44.6 Å². The lowest BCUT2D eigenvalue weighted by atomic mass is 10.2. The Morgan fingerprint density at radius 1 is 1.17 bits per heavy atom. The molecule has 0 aliphatic carbocycles. The fourth-order valence-electron chi connectivity index (χ4n) is 2.96. The van der Waals surface area contributed by atoms with Crippen molar-refractivity contribution in [2.45, 2.75) is 11.0 Å². The van der Waals surface area contributed by atoms with Gasteiger partial charge in [0.1, 0.15) is 19.3 Å². The van der Waals surface area contributed by atoms with Crippen LogP contribution in [-0.2, 0) is 9.59 Å². The predicted molar refractivity (Wildman–Crippen MR) is 114 cm³/mol. The number of aliphatic hydroxyl groups excluding tert-OH is 1. The van der Waals surface area contributed by atoms with Gasteiger partial charge in [-0.05, 0) is 24.3 Å². The minimum Gasteiger partial charge on any atom is -0.493 e. The third kappa shape index (κ3) is 5.17. The summed E-state index contributed by atoms with van der Waals surface area (Å²) in [6.45, 7) is -0.196. The van der Waals surface area contributed by atoms with Crippen LogP contribution in [0, 0.1) is 0 Å². The lowest BCUT2D eigenvalue weighted by Gasteiger charge is -2.28. The van der Waals surface area contributed by atoms with Crippen LogP contribution >= 0.6 is 11.8 Å². The first-order valence-corrected chi connectivity index (χ1v) is 10.3. The zero-order valence-electron chi connectivity index (χ0n) is 16.8. The molecule has 0 saturated carbocycles. The summed E-state index contributed by atoms with van der Waals surface area (Å²) < 4.78 is 16.1. The highest BCUT2D eigenvalue weighted by Crippen LogP contribution is 2.37. The van der Waals surface area contributed by atoms with Crippen molar-refractivity contribution >= 4 is 29.3 Å². The van der Waals surface area contributed by atoms with Gasteiger partial charge in [-0.2, -0.15) is 0 Å². The number of ether oxygens (including phenoxy) is 3. The Kier molecular flexibility index (Phi) is 7.42. The van der Waals surface area contributed by atoms with Crippen LogP contribution in [0.4, 0.5) is 5.69 Å². The quantitative estimate of drug-likeness (QED) is 0.622. The summed E-state index contributed by atoms with van der Waals surface area (Å²) in [5.74, 6) is 1.14. The Labute approximate surface area is 179 Å². The molecule has 2 N–H and O–H groups in total. The molecular weight excluding hydrogens is 408 g/mol. The maximum Gasteiger partial charge on any atom is 0.240 e. The van der Waals surface area contributed by atoms with Gasteiger partial charge in [-0.1, -0.05) is 18.2 Å². The topological polar surface area (TPSA) is 97.3 Å². The number of rotatable bonds is 9. The Hall–Kier alpha value is -2.91. The van der Waals surface area contributed by atoms with Crippen LogP contribution in [0.15, 0.2) is 47.4 Å². The number of aliphatic hydroxyl groups is 1. The van der Waals surface area contributed by atoms with Crippen molar-refractivity contribution < 1.29 is 28.9 Å². The summed E-state index contributed by atoms with van der Waals surface area (Å²) in [6.07, 6.45) is -0.955. The average molecular weight is 432 g/mol. The second-order valence-electron chi connectivity index (χ2n) is 6.50. The highest BCUT2D eigenvalue weighted by Gasteiger charge is 2.26. The molecule has 1 atom stereocenters. The zero-order chi connectivity index (χ0) is 21.5. The van der Waals surface area contributed by atoms with Gasteiger partial charge >= 0.3 is 0 Å². The van der Waals surface area contributed by atoms with Crippen LogP contribution in [0.3, 0.4) is 0 Å². The van der Waals surface area contributed by atoms with Gasteiger partial charge < -0.3 is 29.5 Å². The fourth-order valence-corrected chi connectivity index (χ4v) is 3.89. The fraction of sp³-hybridized carbons (Fsp3) is 0.333. The molecule has 1 aliphatic heterocycles. The number of hydrogen-bond acceptors (Lipinski definition) is 7. The summed E-state index contributed by atoms with van der Waals surface area (Å²) >= 11 is 1.46. The number of fused-ring (bicyclic) bond motifs is 1. The first-order valence-electron chi connectivity index (χ1n) is 9.34. The molecule has 1 unspecified atom stereocenters. The number of anilines is 1. The van der Waals surface area contributed by atoms with E-state index in [9.17, 15) is 14.7 Å². The standard InChI is InChI=1S/C21H24N2O6S/c1-27-16-7-5-8-17(28-2)21(16)29-12-14(24)10-22-19(25)11-23-15-6-3-4-9-18(15)30-13-20(23)26/h3-9,14,24H,10-13H2,1-2H3,(H,22,25). The van der Waals surface area contributed by atoms with E-state index in [1.54, 1.807) is 18.2 Å². The highest BCUT2D eigenvalue weighted by atomic mass is 32.2. The third-order valence-corrected chi connectivity index (χ3v) is 5.50. The second-order valence-corrected chi connectivity index (χ2v) is 7.51. The number of hydrogen-bond donors (Lipinski definition) is 2. The number of thioether (sulfide) groups is 1. The summed E-state index contributed by atoms with van der Waals surface area (Å²) in [6, 6.07) is 12.7. The van der Waals surface area contributed by atoms with E-state index in [0.717, 1.165) is 10.6 Å². The van der Waals surface area contributed by atoms with Crippen LogP contribution in [-0.4, -0.2) is 62.7 Å². The monoisotopic (exact) mass is 432 g/mol. The molecular formula is C21H24N2O6S. The molecule has 9 heteroatoms. The number of carbonyl (C=O) groups excluding carboxylic acids is 2. The zero-order valence-corrected chi connectivity index (χ0v) is 17.6. The van der Waals surface area contributed by atoms with E-state index < -0.39 is 6.10 Å². The van der Waals surface area contributed by atoms with Gasteiger partial charge in [-0.25, -0.2) is 0 Å². The van der Waals surface area contributed by atoms with Crippen molar-refractivity contribution in [1.29, 1.82) is 0 Å². The lowest BCUT2D eigenvalue weighted by Crippen LogP contribution is -2.45. The van der Waals surface area contributed by atoms with Crippen molar-refractivity contribution in [1.82, 2.24) is 5.32 Å². The molecule has 0 radical (unpaired) electrons. The van der Waals surface area contributed by atoms with E-state index in [0.29, 0.717) is 23.0 Å². The van der Waals surface area contributed by atoms with Crippen molar-refractivity contribution in [3.05, 3.63) is 42.5 Å². The minimum absolute atomic E-state index is 0.0191. The first kappa shape index (κ1) is 21.8. The second kappa shape index (κ2) is 10.2. The molecule has 3 rings (SSSR count). The van der Waals surface area contributed by atoms with Gasteiger partial charge in [0.25, 0.3) is 0 Å². The molecule has 0 aromatic heterocycles. The highest BCUT2D eigenvalue weighted by molar-refractivity contribution is 8.00. The van der Waals surface area contributed by atoms with E-state index in [-0.39, 0.29) is 31.5 Å². The SMILES string of the molecule is COc1cccc(OC)c1OCC(O)CNC(=O)CN1C(=O)CSc2ccccc21. The molecule has 2 amide bonds. The van der Waals surface area contributed by atoms with Crippen LogP contribution in [0.25, 0.3) is 0 Å². The van der Waals surface area contributed by atoms with Gasteiger partial charge in [0.15, 0.2) is 11.5 Å². The lowest BCUT2D eigenvalue weighted by molar-refractivity contribution is -0.123. The van der Waals surface area contributed by atoms with Crippen molar-refractivity contribution in [2.24, 2.45) is 0 Å². The number of carbonyl (C=O) groups is 2. The van der Waals surface area contributed by atoms with Crippen LogP contribution in [0.5, 0.6) is 17.2 Å². The molecule has 0 saturated heterocycles. The summed E-state index contributed by atoms with van der Waals surface area (Å²) in [5, 5.41) is 12.8. The van der Waals surface area contributed by atoms with Crippen LogP contribution in [0.1, 0.15) is 0 Å². The van der Waals surface area contributed by atoms with Gasteiger partial charge in [-0.15, -0.1) is 11.8 Å². The molecule has 8 nitrogen and oxygen atoms in total. The summed E-state index contributed by atoms with van der Waals surface area (Å²) in [7, 11) is 3.02. The molecule has 0 bridgehead atoms. The Bertz CT molecular complexity index is 885. The third-order valence-electron chi connectivity index (χ3n) is 4.45.